The third-order valence-corrected chi connectivity index (χ3v) is 13.5. The summed E-state index contributed by atoms with van der Waals surface area (Å²) in [5.74, 6) is 0.0866. The van der Waals surface area contributed by atoms with Gasteiger partial charge < -0.3 is 19.1 Å². The Balaban J connectivity index is 0.000000207. The molecule has 3 heterocycles. The summed E-state index contributed by atoms with van der Waals surface area (Å²) in [4.78, 5) is 28.4. The lowest BCUT2D eigenvalue weighted by Crippen LogP contribution is -2.45. The molecule has 1 aromatic heterocycles. The number of piperidine rings is 2. The maximum Gasteiger partial charge on any atom is 0.410 e. The first-order valence-electron chi connectivity index (χ1n) is 17.8. The molecule has 0 bridgehead atoms. The fraction of sp³-hybridized carbons (Fsp3) is 0.436. The lowest BCUT2D eigenvalue weighted by molar-refractivity contribution is -0.135. The van der Waals surface area contributed by atoms with Gasteiger partial charge in [-0.15, -0.1) is 0 Å². The Morgan fingerprint density at radius 1 is 0.750 bits per heavy atom. The number of nitrogens with one attached hydrogen (secondary N) is 1. The fourth-order valence-corrected chi connectivity index (χ4v) is 9.90. The molecule has 4 aromatic rings. The van der Waals surface area contributed by atoms with E-state index in [1.165, 1.54) is 0 Å². The molecular formula is C39H50N4O7S2. The van der Waals surface area contributed by atoms with Gasteiger partial charge >= 0.3 is 6.09 Å². The Morgan fingerprint density at radius 2 is 1.29 bits per heavy atom. The van der Waals surface area contributed by atoms with Crippen LogP contribution < -0.4 is 4.72 Å². The van der Waals surface area contributed by atoms with Crippen LogP contribution in [0.2, 0.25) is 0 Å². The van der Waals surface area contributed by atoms with Crippen molar-refractivity contribution in [2.45, 2.75) is 81.3 Å². The highest BCUT2D eigenvalue weighted by atomic mass is 32.2. The van der Waals surface area contributed by atoms with E-state index in [-0.39, 0.29) is 29.0 Å². The Labute approximate surface area is 307 Å². The minimum absolute atomic E-state index is 0.0261. The van der Waals surface area contributed by atoms with Crippen LogP contribution in [-0.4, -0.2) is 85.5 Å². The molecule has 6 rings (SSSR count). The third kappa shape index (κ3) is 10.2. The van der Waals surface area contributed by atoms with Crippen LogP contribution in [0.25, 0.3) is 10.9 Å². The first-order chi connectivity index (χ1) is 24.6. The van der Waals surface area contributed by atoms with Crippen LogP contribution in [0.1, 0.15) is 65.0 Å². The van der Waals surface area contributed by atoms with Gasteiger partial charge in [0.05, 0.1) is 16.3 Å². The van der Waals surface area contributed by atoms with Gasteiger partial charge in [0.2, 0.25) is 15.9 Å². The first-order valence-corrected chi connectivity index (χ1v) is 21.0. The Morgan fingerprint density at radius 3 is 1.90 bits per heavy atom. The quantitative estimate of drug-likeness (QED) is 0.214. The molecule has 3 aromatic carbocycles. The van der Waals surface area contributed by atoms with E-state index in [2.05, 4.69) is 4.72 Å². The fourth-order valence-electron chi connectivity index (χ4n) is 6.61. The van der Waals surface area contributed by atoms with Crippen molar-refractivity contribution >= 4 is 48.5 Å². The van der Waals surface area contributed by atoms with Gasteiger partial charge in [0, 0.05) is 43.6 Å². The lowest BCUT2D eigenvalue weighted by Gasteiger charge is -2.33. The number of fused-ring (bicyclic) bond motifs is 1. The topological polar surface area (TPSA) is 135 Å². The van der Waals surface area contributed by atoms with Gasteiger partial charge in [0.15, 0.2) is 9.84 Å². The normalized spacial score (nSPS) is 16.8. The molecule has 0 saturated carbocycles. The van der Waals surface area contributed by atoms with Crippen molar-refractivity contribution in [2.24, 2.45) is 0 Å². The van der Waals surface area contributed by atoms with E-state index in [4.69, 9.17) is 4.74 Å². The molecule has 2 aliphatic heterocycles. The number of benzene rings is 3. The molecular weight excluding hydrogens is 701 g/mol. The van der Waals surface area contributed by atoms with Gasteiger partial charge in [-0.05, 0) is 88.6 Å². The largest absolute Gasteiger partial charge is 0.444 e. The number of anilines is 1. The smallest absolute Gasteiger partial charge is 0.410 e. The molecule has 2 amide bonds. The van der Waals surface area contributed by atoms with Crippen LogP contribution in [0.3, 0.4) is 0 Å². The zero-order valence-electron chi connectivity index (χ0n) is 30.3. The highest BCUT2D eigenvalue weighted by Gasteiger charge is 2.34. The zero-order valence-corrected chi connectivity index (χ0v) is 32.0. The number of amides is 2. The van der Waals surface area contributed by atoms with Gasteiger partial charge in [0.25, 0.3) is 0 Å². The summed E-state index contributed by atoms with van der Waals surface area (Å²) in [7, 11) is -6.67. The summed E-state index contributed by atoms with van der Waals surface area (Å²) in [5, 5.41) is 0.222. The van der Waals surface area contributed by atoms with Crippen molar-refractivity contribution in [1.29, 1.82) is 0 Å². The van der Waals surface area contributed by atoms with Gasteiger partial charge in [-0.2, -0.15) is 0 Å². The molecule has 1 N–H and O–H groups in total. The van der Waals surface area contributed by atoms with Crippen LogP contribution in [0.15, 0.2) is 97.2 Å². The molecule has 2 aliphatic rings. The second kappa shape index (κ2) is 16.5. The minimum atomic E-state index is -3.47. The Hall–Kier alpha value is -4.36. The maximum atomic E-state index is 13.0. The van der Waals surface area contributed by atoms with Crippen molar-refractivity contribution in [3.05, 3.63) is 103 Å². The monoisotopic (exact) mass is 750 g/mol. The number of rotatable bonds is 8. The predicted molar refractivity (Wildman–Crippen MR) is 205 cm³/mol. The molecule has 52 heavy (non-hydrogen) atoms. The summed E-state index contributed by atoms with van der Waals surface area (Å²) in [6.07, 6.45) is 3.38. The summed E-state index contributed by atoms with van der Waals surface area (Å²) in [5.41, 5.74) is 1.87. The van der Waals surface area contributed by atoms with E-state index < -0.39 is 30.7 Å². The Kier molecular flexibility index (Phi) is 12.4. The predicted octanol–water partition coefficient (Wildman–Crippen LogP) is 6.64. The highest BCUT2D eigenvalue weighted by molar-refractivity contribution is 7.93. The molecule has 2 fully saturated rings. The van der Waals surface area contributed by atoms with Gasteiger partial charge in [0.1, 0.15) is 11.6 Å². The van der Waals surface area contributed by atoms with E-state index >= 15 is 0 Å². The van der Waals surface area contributed by atoms with Crippen molar-refractivity contribution in [3.63, 3.8) is 0 Å². The molecule has 0 aliphatic carbocycles. The number of ether oxygens (including phenoxy) is 1. The van der Waals surface area contributed by atoms with Crippen molar-refractivity contribution in [2.75, 3.05) is 30.9 Å². The first kappa shape index (κ1) is 38.9. The van der Waals surface area contributed by atoms with Crippen molar-refractivity contribution < 1.29 is 31.2 Å². The minimum Gasteiger partial charge on any atom is -0.444 e. The van der Waals surface area contributed by atoms with E-state index in [0.29, 0.717) is 57.5 Å². The molecule has 11 nitrogen and oxygen atoms in total. The van der Waals surface area contributed by atoms with Crippen LogP contribution in [0.5, 0.6) is 0 Å². The number of hydrogen-bond donors (Lipinski definition) is 1. The van der Waals surface area contributed by atoms with E-state index in [1.807, 2.05) is 105 Å². The number of carbonyl (C=O) groups excluding carboxylic acids is 2. The van der Waals surface area contributed by atoms with Crippen LogP contribution in [0.4, 0.5) is 10.5 Å². The average Bonchev–Trinajstić information content (AvgIpc) is 3.55. The second-order valence-corrected chi connectivity index (χ2v) is 18.7. The van der Waals surface area contributed by atoms with Crippen LogP contribution in [-0.2, 0) is 35.1 Å². The second-order valence-electron chi connectivity index (χ2n) is 14.5. The molecule has 1 unspecified atom stereocenters. The van der Waals surface area contributed by atoms with E-state index in [9.17, 15) is 26.4 Å². The number of carbonyl (C=O) groups is 2. The third-order valence-electron chi connectivity index (χ3n) is 9.44. The van der Waals surface area contributed by atoms with Crippen molar-refractivity contribution in [3.8, 4) is 0 Å². The number of para-hydroxylation sites is 2. The number of likely N-dealkylation sites (tertiary alicyclic amines) is 2. The van der Waals surface area contributed by atoms with Crippen LogP contribution in [0, 0.1) is 0 Å². The summed E-state index contributed by atoms with van der Waals surface area (Å²) >= 11 is 0. The number of sulfone groups is 1. The number of hydrogen-bond acceptors (Lipinski definition) is 7. The SMILES string of the molecule is CC(C(=O)N1CCC(S(=O)(=O)Nc2ccccc2)CC1)n1ccc2ccccc21.CC(C)(C)OC(=O)N1CCC(S(=O)(=O)Cc2ccccc2)CC1. The maximum absolute atomic E-state index is 13.0. The van der Waals surface area contributed by atoms with Gasteiger partial charge in [-0.3, -0.25) is 9.52 Å². The summed E-state index contributed by atoms with van der Waals surface area (Å²) < 4.78 is 60.4. The standard InChI is InChI=1S/C22H25N3O3S.C17H25NO4S/c1-17(25-16-11-18-7-5-6-10-21(18)25)22(26)24-14-12-20(13-15-24)29(27,28)23-19-8-3-2-4-9-19;1-17(2,3)22-16(19)18-11-9-15(10-12-18)23(20,21)13-14-7-5-4-6-8-14/h2-11,16-17,20,23H,12-15H2,1H3;4-8,15H,9-13H2,1-3H3. The van der Waals surface area contributed by atoms with Gasteiger partial charge in [-0.1, -0.05) is 66.7 Å². The average molecular weight is 751 g/mol. The zero-order chi connectivity index (χ0) is 37.5. The number of aromatic nitrogens is 1. The molecule has 2 saturated heterocycles. The van der Waals surface area contributed by atoms with E-state index in [1.54, 1.807) is 34.1 Å². The molecule has 0 radical (unpaired) electrons. The molecule has 1 atom stereocenters. The molecule has 13 heteroatoms. The number of nitrogens with zero attached hydrogens (tertiary/aromatic N) is 3. The highest BCUT2D eigenvalue weighted by Crippen LogP contribution is 2.26. The Bertz CT molecular complexity index is 2010. The van der Waals surface area contributed by atoms with Crippen LogP contribution >= 0.6 is 0 Å². The molecule has 280 valence electrons. The lowest BCUT2D eigenvalue weighted by atomic mass is 10.1. The van der Waals surface area contributed by atoms with Crippen molar-refractivity contribution in [1.82, 2.24) is 14.4 Å². The summed E-state index contributed by atoms with van der Waals surface area (Å²) in [6.45, 7) is 9.10. The van der Waals surface area contributed by atoms with Gasteiger partial charge in [-0.25, -0.2) is 21.6 Å². The summed E-state index contributed by atoms with van der Waals surface area (Å²) in [6, 6.07) is 27.8. The number of sulfonamides is 1. The van der Waals surface area contributed by atoms with E-state index in [0.717, 1.165) is 16.5 Å². The molecule has 0 spiro atoms.